The molecule has 11 nitrogen and oxygen atoms in total. The molecule has 0 unspecified atom stereocenters. The Morgan fingerprint density at radius 1 is 0.927 bits per heavy atom. The molecule has 0 aliphatic carbocycles. The predicted molar refractivity (Wildman–Crippen MR) is 151 cm³/mol. The summed E-state index contributed by atoms with van der Waals surface area (Å²) >= 11 is 0. The molecule has 0 saturated carbocycles. The van der Waals surface area contributed by atoms with E-state index in [2.05, 4.69) is 0 Å². The number of esters is 1. The molecule has 0 aromatic heterocycles. The van der Waals surface area contributed by atoms with Crippen LogP contribution in [0.25, 0.3) is 0 Å². The molecule has 41 heavy (non-hydrogen) atoms. The molecular formula is C30H39N3O8. The summed E-state index contributed by atoms with van der Waals surface area (Å²) < 4.78 is 27.3. The van der Waals surface area contributed by atoms with Crippen molar-refractivity contribution in [1.82, 2.24) is 14.7 Å². The van der Waals surface area contributed by atoms with Crippen molar-refractivity contribution in [3.63, 3.8) is 0 Å². The maximum absolute atomic E-state index is 12.8. The summed E-state index contributed by atoms with van der Waals surface area (Å²) in [5.74, 6) is 1.44. The first-order valence-electron chi connectivity index (χ1n) is 13.7. The highest BCUT2D eigenvalue weighted by Crippen LogP contribution is 2.35. The molecule has 0 radical (unpaired) electrons. The van der Waals surface area contributed by atoms with Gasteiger partial charge in [-0.05, 0) is 55.3 Å². The minimum atomic E-state index is -0.549. The third-order valence-electron chi connectivity index (χ3n) is 7.66. The van der Waals surface area contributed by atoms with Crippen LogP contribution in [-0.4, -0.2) is 107 Å². The van der Waals surface area contributed by atoms with Crippen LogP contribution in [0.3, 0.4) is 0 Å². The lowest BCUT2D eigenvalue weighted by Crippen LogP contribution is -2.51. The van der Waals surface area contributed by atoms with Gasteiger partial charge in [-0.1, -0.05) is 12.1 Å². The molecule has 2 aromatic carbocycles. The summed E-state index contributed by atoms with van der Waals surface area (Å²) in [6.45, 7) is 2.95. The molecule has 2 atom stereocenters. The molecule has 0 bridgehead atoms. The lowest BCUT2D eigenvalue weighted by molar-refractivity contribution is -0.141. The Bertz CT molecular complexity index is 1250. The lowest BCUT2D eigenvalue weighted by atomic mass is 9.85. The minimum Gasteiger partial charge on any atom is -0.493 e. The minimum absolute atomic E-state index is 0.00932. The molecule has 2 heterocycles. The quantitative estimate of drug-likeness (QED) is 0.377. The zero-order chi connectivity index (χ0) is 29.5. The van der Waals surface area contributed by atoms with Crippen LogP contribution in [0.1, 0.15) is 11.1 Å². The number of likely N-dealkylation sites (N-methyl/N-ethyl adjacent to an activating group) is 2. The van der Waals surface area contributed by atoms with Gasteiger partial charge in [0.15, 0.2) is 23.0 Å². The lowest BCUT2D eigenvalue weighted by Gasteiger charge is -2.33. The molecule has 2 saturated heterocycles. The maximum Gasteiger partial charge on any atom is 0.415 e. The molecule has 2 fully saturated rings. The van der Waals surface area contributed by atoms with Crippen LogP contribution in [0.5, 0.6) is 23.0 Å². The average molecular weight is 570 g/mol. The zero-order valence-electron chi connectivity index (χ0n) is 24.4. The third kappa shape index (κ3) is 7.40. The van der Waals surface area contributed by atoms with Gasteiger partial charge in [0, 0.05) is 39.1 Å². The van der Waals surface area contributed by atoms with E-state index in [0.29, 0.717) is 62.9 Å². The van der Waals surface area contributed by atoms with Gasteiger partial charge in [0.05, 0.1) is 40.4 Å². The van der Waals surface area contributed by atoms with Gasteiger partial charge in [0.2, 0.25) is 5.91 Å². The number of benzene rings is 2. The highest BCUT2D eigenvalue weighted by atomic mass is 16.6. The second kappa shape index (κ2) is 13.6. The van der Waals surface area contributed by atoms with Crippen molar-refractivity contribution in [1.29, 1.82) is 0 Å². The van der Waals surface area contributed by atoms with E-state index in [1.807, 2.05) is 36.2 Å². The summed E-state index contributed by atoms with van der Waals surface area (Å²) in [5.41, 5.74) is 1.89. The third-order valence-corrected chi connectivity index (χ3v) is 7.66. The molecule has 2 aliphatic rings. The van der Waals surface area contributed by atoms with Gasteiger partial charge >= 0.3 is 12.1 Å². The maximum atomic E-state index is 12.8. The van der Waals surface area contributed by atoms with Crippen LogP contribution < -0.4 is 18.9 Å². The standard InChI is InChI=1S/C30H39N3O8/c1-31-10-12-33(28(34)18-31)13-11-32(2)30(36)41-25-9-7-21(17-27(25)39-5)15-23-22(19-40-29(23)35)14-20-6-8-24(37-3)26(16-20)38-4/h6-9,16-17,22-23H,10-15,18-19H2,1-5H3/t22-,23+/m0/s1. The van der Waals surface area contributed by atoms with Crippen molar-refractivity contribution >= 4 is 18.0 Å². The molecular weight excluding hydrogens is 530 g/mol. The Kier molecular flexibility index (Phi) is 9.93. The van der Waals surface area contributed by atoms with E-state index in [4.69, 9.17) is 23.7 Å². The number of hydrogen-bond acceptors (Lipinski definition) is 9. The Balaban J connectivity index is 1.36. The van der Waals surface area contributed by atoms with E-state index < -0.39 is 6.09 Å². The fourth-order valence-corrected chi connectivity index (χ4v) is 5.14. The zero-order valence-corrected chi connectivity index (χ0v) is 24.4. The average Bonchev–Trinajstić information content (AvgIpc) is 3.30. The van der Waals surface area contributed by atoms with Gasteiger partial charge in [0.1, 0.15) is 0 Å². The van der Waals surface area contributed by atoms with Crippen LogP contribution in [0.15, 0.2) is 36.4 Å². The Morgan fingerprint density at radius 3 is 2.22 bits per heavy atom. The fraction of sp³-hybridized carbons (Fsp3) is 0.500. The van der Waals surface area contributed by atoms with Gasteiger partial charge in [0.25, 0.3) is 0 Å². The number of methoxy groups -OCH3 is 3. The number of piperazine rings is 1. The topological polar surface area (TPSA) is 107 Å². The van der Waals surface area contributed by atoms with Crippen molar-refractivity contribution in [2.75, 3.05) is 74.8 Å². The number of nitrogens with zero attached hydrogens (tertiary/aromatic N) is 3. The second-order valence-corrected chi connectivity index (χ2v) is 10.5. The van der Waals surface area contributed by atoms with Gasteiger partial charge in [-0.3, -0.25) is 14.5 Å². The first-order valence-corrected chi connectivity index (χ1v) is 13.7. The molecule has 0 N–H and O–H groups in total. The van der Waals surface area contributed by atoms with Crippen molar-refractivity contribution in [3.05, 3.63) is 47.5 Å². The first kappa shape index (κ1) is 30.0. The molecule has 2 aromatic rings. The molecule has 0 spiro atoms. The highest BCUT2D eigenvalue weighted by molar-refractivity contribution is 5.79. The van der Waals surface area contributed by atoms with E-state index in [1.54, 1.807) is 38.3 Å². The molecule has 222 valence electrons. The molecule has 4 rings (SSSR count). The van der Waals surface area contributed by atoms with Crippen LogP contribution >= 0.6 is 0 Å². The Hall–Kier alpha value is -3.99. The van der Waals surface area contributed by atoms with E-state index >= 15 is 0 Å². The molecule has 11 heteroatoms. The summed E-state index contributed by atoms with van der Waals surface area (Å²) in [6, 6.07) is 11.0. The van der Waals surface area contributed by atoms with Crippen LogP contribution in [-0.2, 0) is 27.2 Å². The van der Waals surface area contributed by atoms with Crippen LogP contribution in [0.4, 0.5) is 4.79 Å². The number of rotatable bonds is 11. The number of carbonyl (C=O) groups is 3. The number of hydrogen-bond donors (Lipinski definition) is 0. The van der Waals surface area contributed by atoms with E-state index in [0.717, 1.165) is 17.7 Å². The van der Waals surface area contributed by atoms with Crippen LogP contribution in [0.2, 0.25) is 0 Å². The smallest absolute Gasteiger partial charge is 0.415 e. The number of ether oxygens (including phenoxy) is 5. The van der Waals surface area contributed by atoms with Crippen molar-refractivity contribution < 1.29 is 38.1 Å². The Labute approximate surface area is 240 Å². The Morgan fingerprint density at radius 2 is 1.56 bits per heavy atom. The number of amides is 2. The number of cyclic esters (lactones) is 1. The molecule has 2 aliphatic heterocycles. The monoisotopic (exact) mass is 569 g/mol. The fourth-order valence-electron chi connectivity index (χ4n) is 5.14. The van der Waals surface area contributed by atoms with Gasteiger partial charge in [-0.25, -0.2) is 4.79 Å². The predicted octanol–water partition coefficient (Wildman–Crippen LogP) is 2.49. The van der Waals surface area contributed by atoms with Gasteiger partial charge in [-0.15, -0.1) is 0 Å². The number of carbonyl (C=O) groups excluding carboxylic acids is 3. The highest BCUT2D eigenvalue weighted by Gasteiger charge is 2.37. The normalized spacial score (nSPS) is 19.1. The summed E-state index contributed by atoms with van der Waals surface area (Å²) in [7, 11) is 8.23. The summed E-state index contributed by atoms with van der Waals surface area (Å²) in [6.07, 6.45) is 0.558. The first-order chi connectivity index (χ1) is 19.7. The van der Waals surface area contributed by atoms with E-state index in [9.17, 15) is 14.4 Å². The largest absolute Gasteiger partial charge is 0.493 e. The van der Waals surface area contributed by atoms with E-state index in [1.165, 1.54) is 12.0 Å². The van der Waals surface area contributed by atoms with Crippen molar-refractivity contribution in [2.24, 2.45) is 11.8 Å². The van der Waals surface area contributed by atoms with Crippen molar-refractivity contribution in [2.45, 2.75) is 12.8 Å². The molecule has 2 amide bonds. The second-order valence-electron chi connectivity index (χ2n) is 10.5. The summed E-state index contributed by atoms with van der Waals surface area (Å²) in [5, 5.41) is 0. The van der Waals surface area contributed by atoms with Crippen molar-refractivity contribution in [3.8, 4) is 23.0 Å². The van der Waals surface area contributed by atoms with Gasteiger partial charge < -0.3 is 33.5 Å². The van der Waals surface area contributed by atoms with Crippen LogP contribution in [0, 0.1) is 11.8 Å². The SMILES string of the molecule is COc1ccc(C[C@H]2COC(=O)[C@@H]2Cc2ccc(OC(=O)N(C)CCN3CCN(C)CC3=O)c(OC)c2)cc1OC. The van der Waals surface area contributed by atoms with Gasteiger partial charge in [-0.2, -0.15) is 0 Å². The summed E-state index contributed by atoms with van der Waals surface area (Å²) in [4.78, 5) is 42.8. The van der Waals surface area contributed by atoms with E-state index in [-0.39, 0.29) is 29.5 Å².